The average molecular weight is 225 g/mol. The Morgan fingerprint density at radius 2 is 2.25 bits per heavy atom. The molecule has 88 valence electrons. The van der Waals surface area contributed by atoms with Gasteiger partial charge in [-0.15, -0.1) is 0 Å². The van der Waals surface area contributed by atoms with Crippen LogP contribution in [-0.2, 0) is 4.74 Å². The van der Waals surface area contributed by atoms with Crippen LogP contribution >= 0.6 is 0 Å². The molecule has 1 aromatic rings. The van der Waals surface area contributed by atoms with Gasteiger partial charge in [0.05, 0.1) is 12.7 Å². The first-order valence-electron chi connectivity index (χ1n) is 5.13. The minimum absolute atomic E-state index is 0.289. The van der Waals surface area contributed by atoms with Gasteiger partial charge in [-0.25, -0.2) is 9.18 Å². The van der Waals surface area contributed by atoms with E-state index in [0.29, 0.717) is 23.2 Å². The molecular weight excluding hydrogens is 209 g/mol. The molecule has 0 bridgehead atoms. The van der Waals surface area contributed by atoms with Crippen molar-refractivity contribution in [1.29, 1.82) is 0 Å². The molecule has 4 heteroatoms. The third-order valence-electron chi connectivity index (χ3n) is 2.44. The first-order chi connectivity index (χ1) is 7.60. The normalized spacial score (nSPS) is 12.2. The number of rotatable bonds is 4. The maximum absolute atomic E-state index is 13.5. The molecule has 3 nitrogen and oxygen atoms in total. The molecule has 0 aromatic heterocycles. The molecule has 16 heavy (non-hydrogen) atoms. The second-order valence-electron chi connectivity index (χ2n) is 3.61. The Hall–Kier alpha value is -1.42. The van der Waals surface area contributed by atoms with Crippen LogP contribution < -0.4 is 5.73 Å². The monoisotopic (exact) mass is 225 g/mol. The highest BCUT2D eigenvalue weighted by Gasteiger charge is 2.13. The zero-order valence-corrected chi connectivity index (χ0v) is 9.50. The molecule has 0 spiro atoms. The first-order valence-corrected chi connectivity index (χ1v) is 5.13. The van der Waals surface area contributed by atoms with Gasteiger partial charge in [0.25, 0.3) is 0 Å². The van der Waals surface area contributed by atoms with E-state index in [9.17, 15) is 9.18 Å². The van der Waals surface area contributed by atoms with Crippen molar-refractivity contribution in [2.75, 3.05) is 13.7 Å². The lowest BCUT2D eigenvalue weighted by atomic mass is 10.0. The summed E-state index contributed by atoms with van der Waals surface area (Å²) in [6, 6.07) is 4.84. The number of alkyl halides is 1. The maximum atomic E-state index is 13.5. The molecule has 0 aliphatic carbocycles. The predicted molar refractivity (Wildman–Crippen MR) is 60.0 cm³/mol. The van der Waals surface area contributed by atoms with Crippen molar-refractivity contribution >= 4 is 5.97 Å². The van der Waals surface area contributed by atoms with Gasteiger partial charge < -0.3 is 10.5 Å². The maximum Gasteiger partial charge on any atom is 0.338 e. The summed E-state index contributed by atoms with van der Waals surface area (Å²) < 4.78 is 18.1. The lowest BCUT2D eigenvalue weighted by Gasteiger charge is -2.10. The molecule has 1 aromatic carbocycles. The Bertz CT molecular complexity index is 379. The number of hydrogen-bond donors (Lipinski definition) is 1. The van der Waals surface area contributed by atoms with Crippen LogP contribution in [0.15, 0.2) is 18.2 Å². The van der Waals surface area contributed by atoms with Crippen molar-refractivity contribution in [3.8, 4) is 0 Å². The second kappa shape index (κ2) is 5.61. The van der Waals surface area contributed by atoms with Crippen LogP contribution in [0.5, 0.6) is 0 Å². The number of halogens is 1. The average Bonchev–Trinajstić information content (AvgIpc) is 2.28. The molecule has 0 amide bonds. The van der Waals surface area contributed by atoms with Crippen LogP contribution in [0.1, 0.15) is 34.1 Å². The van der Waals surface area contributed by atoms with E-state index in [0.717, 1.165) is 0 Å². The third kappa shape index (κ3) is 2.79. The van der Waals surface area contributed by atoms with Crippen molar-refractivity contribution < 1.29 is 13.9 Å². The molecule has 0 saturated heterocycles. The molecule has 0 heterocycles. The van der Waals surface area contributed by atoms with Crippen LogP contribution in [0, 0.1) is 6.92 Å². The van der Waals surface area contributed by atoms with Gasteiger partial charge in [0, 0.05) is 0 Å². The fourth-order valence-electron chi connectivity index (χ4n) is 1.53. The SMILES string of the molecule is COC(=O)c1ccc(C(F)CCN)cc1C. The number of aryl methyl sites for hydroxylation is 1. The fourth-order valence-corrected chi connectivity index (χ4v) is 1.53. The Morgan fingerprint density at radius 3 is 2.75 bits per heavy atom. The van der Waals surface area contributed by atoms with Crippen molar-refractivity contribution in [1.82, 2.24) is 0 Å². The van der Waals surface area contributed by atoms with Crippen LogP contribution in [-0.4, -0.2) is 19.6 Å². The summed E-state index contributed by atoms with van der Waals surface area (Å²) in [5.74, 6) is -0.404. The summed E-state index contributed by atoms with van der Waals surface area (Å²) in [5, 5.41) is 0. The largest absolute Gasteiger partial charge is 0.465 e. The van der Waals surface area contributed by atoms with Gasteiger partial charge in [0.1, 0.15) is 6.17 Å². The second-order valence-corrected chi connectivity index (χ2v) is 3.61. The van der Waals surface area contributed by atoms with E-state index >= 15 is 0 Å². The van der Waals surface area contributed by atoms with Gasteiger partial charge in [0.2, 0.25) is 0 Å². The van der Waals surface area contributed by atoms with E-state index in [1.54, 1.807) is 25.1 Å². The zero-order chi connectivity index (χ0) is 12.1. The number of ether oxygens (including phenoxy) is 1. The van der Waals surface area contributed by atoms with Gasteiger partial charge >= 0.3 is 5.97 Å². The molecular formula is C12H16FNO2. The highest BCUT2D eigenvalue weighted by Crippen LogP contribution is 2.23. The highest BCUT2D eigenvalue weighted by atomic mass is 19.1. The summed E-state index contributed by atoms with van der Waals surface area (Å²) in [4.78, 5) is 11.3. The minimum atomic E-state index is -1.07. The molecule has 0 fully saturated rings. The third-order valence-corrected chi connectivity index (χ3v) is 2.44. The summed E-state index contributed by atoms with van der Waals surface area (Å²) >= 11 is 0. The number of benzene rings is 1. The lowest BCUT2D eigenvalue weighted by molar-refractivity contribution is 0.0600. The van der Waals surface area contributed by atoms with Crippen molar-refractivity contribution in [2.45, 2.75) is 19.5 Å². The lowest BCUT2D eigenvalue weighted by Crippen LogP contribution is -2.06. The van der Waals surface area contributed by atoms with Gasteiger partial charge in [-0.2, -0.15) is 0 Å². The highest BCUT2D eigenvalue weighted by molar-refractivity contribution is 5.90. The summed E-state index contributed by atoms with van der Waals surface area (Å²) in [6.45, 7) is 2.06. The van der Waals surface area contributed by atoms with Crippen LogP contribution in [0.4, 0.5) is 4.39 Å². The number of nitrogens with two attached hydrogens (primary N) is 1. The van der Waals surface area contributed by atoms with E-state index in [1.165, 1.54) is 7.11 Å². The number of methoxy groups -OCH3 is 1. The van der Waals surface area contributed by atoms with Gasteiger partial charge in [-0.1, -0.05) is 12.1 Å². The number of carbonyl (C=O) groups excluding carboxylic acids is 1. The Kier molecular flexibility index (Phi) is 4.43. The topological polar surface area (TPSA) is 52.3 Å². The molecule has 1 atom stereocenters. The number of carbonyl (C=O) groups is 1. The molecule has 0 saturated carbocycles. The molecule has 0 aliphatic rings. The fraction of sp³-hybridized carbons (Fsp3) is 0.417. The van der Waals surface area contributed by atoms with Gasteiger partial charge in [-0.3, -0.25) is 0 Å². The molecule has 0 radical (unpaired) electrons. The van der Waals surface area contributed by atoms with E-state index in [-0.39, 0.29) is 6.42 Å². The van der Waals surface area contributed by atoms with Crippen LogP contribution in [0.3, 0.4) is 0 Å². The van der Waals surface area contributed by atoms with E-state index < -0.39 is 12.1 Å². The van der Waals surface area contributed by atoms with E-state index in [1.807, 2.05) is 0 Å². The van der Waals surface area contributed by atoms with Crippen molar-refractivity contribution in [3.05, 3.63) is 34.9 Å². The van der Waals surface area contributed by atoms with Crippen molar-refractivity contribution in [3.63, 3.8) is 0 Å². The van der Waals surface area contributed by atoms with Crippen molar-refractivity contribution in [2.24, 2.45) is 5.73 Å². The Balaban J connectivity index is 2.94. The number of hydrogen-bond acceptors (Lipinski definition) is 3. The quantitative estimate of drug-likeness (QED) is 0.799. The summed E-state index contributed by atoms with van der Waals surface area (Å²) in [7, 11) is 1.32. The van der Waals surface area contributed by atoms with Gasteiger partial charge in [0.15, 0.2) is 0 Å². The predicted octanol–water partition coefficient (Wildman–Crippen LogP) is 2.14. The molecule has 0 aliphatic heterocycles. The smallest absolute Gasteiger partial charge is 0.338 e. The summed E-state index contributed by atoms with van der Waals surface area (Å²) in [5.41, 5.74) is 7.02. The molecule has 2 N–H and O–H groups in total. The first kappa shape index (κ1) is 12.6. The van der Waals surface area contributed by atoms with Gasteiger partial charge in [-0.05, 0) is 37.1 Å². The Labute approximate surface area is 94.4 Å². The van der Waals surface area contributed by atoms with Crippen LogP contribution in [0.2, 0.25) is 0 Å². The van der Waals surface area contributed by atoms with E-state index in [2.05, 4.69) is 4.74 Å². The van der Waals surface area contributed by atoms with Crippen LogP contribution in [0.25, 0.3) is 0 Å². The standard InChI is InChI=1S/C12H16FNO2/c1-8-7-9(11(13)5-6-14)3-4-10(8)12(15)16-2/h3-4,7,11H,5-6,14H2,1-2H3. The molecule has 1 rings (SSSR count). The Morgan fingerprint density at radius 1 is 1.56 bits per heavy atom. The minimum Gasteiger partial charge on any atom is -0.465 e. The summed E-state index contributed by atoms with van der Waals surface area (Å²) in [6.07, 6.45) is -0.785. The zero-order valence-electron chi connectivity index (χ0n) is 9.50. The molecule has 1 unspecified atom stereocenters. The number of esters is 1. The van der Waals surface area contributed by atoms with E-state index in [4.69, 9.17) is 5.73 Å².